The van der Waals surface area contributed by atoms with Crippen LogP contribution in [-0.2, 0) is 16.0 Å². The lowest BCUT2D eigenvalue weighted by Crippen LogP contribution is -2.56. The molecule has 7 nitrogen and oxygen atoms in total. The number of hydrogen-bond donors (Lipinski definition) is 0. The Morgan fingerprint density at radius 3 is 2.00 bits per heavy atom. The lowest BCUT2D eigenvalue weighted by Gasteiger charge is -2.33. The van der Waals surface area contributed by atoms with E-state index in [2.05, 4.69) is 0 Å². The first-order valence-corrected chi connectivity index (χ1v) is 8.92. The zero-order valence-corrected chi connectivity index (χ0v) is 15.9. The molecular formula is C21H22N2O5. The van der Waals surface area contributed by atoms with E-state index in [4.69, 9.17) is 9.47 Å². The van der Waals surface area contributed by atoms with Crippen molar-refractivity contribution in [3.05, 3.63) is 59.7 Å². The van der Waals surface area contributed by atoms with Crippen molar-refractivity contribution in [2.45, 2.75) is 6.42 Å². The topological polar surface area (TPSA) is 76.2 Å². The predicted molar refractivity (Wildman–Crippen MR) is 102 cm³/mol. The Hall–Kier alpha value is -3.35. The van der Waals surface area contributed by atoms with Gasteiger partial charge in [0.15, 0.2) is 0 Å². The molecule has 7 heteroatoms. The van der Waals surface area contributed by atoms with Crippen LogP contribution in [0.2, 0.25) is 0 Å². The van der Waals surface area contributed by atoms with Crippen molar-refractivity contribution in [1.82, 2.24) is 9.80 Å². The summed E-state index contributed by atoms with van der Waals surface area (Å²) in [5.41, 5.74) is 1.24. The fraction of sp³-hybridized carbons (Fsp3) is 0.286. The molecule has 1 heterocycles. The summed E-state index contributed by atoms with van der Waals surface area (Å²) in [7, 11) is 2.90. The van der Waals surface area contributed by atoms with Gasteiger partial charge in [0, 0.05) is 6.54 Å². The molecule has 0 unspecified atom stereocenters. The first-order valence-electron chi connectivity index (χ1n) is 8.92. The number of benzene rings is 2. The third-order valence-corrected chi connectivity index (χ3v) is 4.65. The van der Waals surface area contributed by atoms with Crippen molar-refractivity contribution in [3.63, 3.8) is 0 Å². The SMILES string of the molecule is COc1cccc(OC)c1C(=O)N1CC(=O)N(CCc2ccccc2)C(=O)C1. The van der Waals surface area contributed by atoms with Crippen molar-refractivity contribution in [2.75, 3.05) is 33.9 Å². The van der Waals surface area contributed by atoms with Crippen LogP contribution in [0.15, 0.2) is 48.5 Å². The Bertz CT molecular complexity index is 841. The van der Waals surface area contributed by atoms with E-state index in [1.165, 1.54) is 24.0 Å². The molecule has 1 saturated heterocycles. The van der Waals surface area contributed by atoms with Crippen LogP contribution in [0.5, 0.6) is 11.5 Å². The molecule has 28 heavy (non-hydrogen) atoms. The molecule has 146 valence electrons. The van der Waals surface area contributed by atoms with Crippen molar-refractivity contribution in [1.29, 1.82) is 0 Å². The largest absolute Gasteiger partial charge is 0.496 e. The Balaban J connectivity index is 1.73. The molecule has 2 aromatic rings. The van der Waals surface area contributed by atoms with Crippen LogP contribution in [-0.4, -0.2) is 61.4 Å². The molecule has 0 atom stereocenters. The smallest absolute Gasteiger partial charge is 0.262 e. The molecule has 3 amide bonds. The zero-order valence-electron chi connectivity index (χ0n) is 15.9. The van der Waals surface area contributed by atoms with Gasteiger partial charge in [-0.1, -0.05) is 36.4 Å². The summed E-state index contributed by atoms with van der Waals surface area (Å²) in [6, 6.07) is 14.6. The minimum Gasteiger partial charge on any atom is -0.496 e. The van der Waals surface area contributed by atoms with Gasteiger partial charge in [0.05, 0.1) is 14.2 Å². The Morgan fingerprint density at radius 1 is 0.893 bits per heavy atom. The van der Waals surface area contributed by atoms with E-state index in [1.807, 2.05) is 30.3 Å². The third kappa shape index (κ3) is 3.98. The highest BCUT2D eigenvalue weighted by Gasteiger charge is 2.35. The average molecular weight is 382 g/mol. The summed E-state index contributed by atoms with van der Waals surface area (Å²) in [6.07, 6.45) is 0.576. The summed E-state index contributed by atoms with van der Waals surface area (Å²) in [6.45, 7) is -0.0389. The number of amides is 3. The third-order valence-electron chi connectivity index (χ3n) is 4.65. The van der Waals surface area contributed by atoms with E-state index in [0.29, 0.717) is 24.5 Å². The highest BCUT2D eigenvalue weighted by Crippen LogP contribution is 2.30. The minimum atomic E-state index is -0.473. The summed E-state index contributed by atoms with van der Waals surface area (Å²) < 4.78 is 10.5. The van der Waals surface area contributed by atoms with Gasteiger partial charge in [0.25, 0.3) is 5.91 Å². The Labute approximate surface area is 163 Å². The fourth-order valence-electron chi connectivity index (χ4n) is 3.19. The van der Waals surface area contributed by atoms with Crippen LogP contribution in [0.3, 0.4) is 0 Å². The van der Waals surface area contributed by atoms with Crippen LogP contribution in [0, 0.1) is 0 Å². The van der Waals surface area contributed by atoms with Gasteiger partial charge in [-0.25, -0.2) is 0 Å². The molecular weight excluding hydrogens is 360 g/mol. The van der Waals surface area contributed by atoms with Crippen molar-refractivity contribution in [3.8, 4) is 11.5 Å². The Kier molecular flexibility index (Phi) is 5.93. The van der Waals surface area contributed by atoms with Gasteiger partial charge in [-0.3, -0.25) is 19.3 Å². The first-order chi connectivity index (χ1) is 13.5. The summed E-state index contributed by atoms with van der Waals surface area (Å²) in [5, 5.41) is 0. The van der Waals surface area contributed by atoms with Crippen LogP contribution in [0.4, 0.5) is 0 Å². The van der Waals surface area contributed by atoms with E-state index in [0.717, 1.165) is 5.56 Å². The van der Waals surface area contributed by atoms with Crippen LogP contribution in [0.25, 0.3) is 0 Å². The van der Waals surface area contributed by atoms with Crippen molar-refractivity contribution < 1.29 is 23.9 Å². The summed E-state index contributed by atoms with van der Waals surface area (Å²) in [5.74, 6) is -0.603. The predicted octanol–water partition coefficient (Wildman–Crippen LogP) is 1.76. The maximum absolute atomic E-state index is 13.0. The van der Waals surface area contributed by atoms with Crippen LogP contribution in [0.1, 0.15) is 15.9 Å². The van der Waals surface area contributed by atoms with Gasteiger partial charge >= 0.3 is 0 Å². The molecule has 0 spiro atoms. The molecule has 1 aliphatic heterocycles. The van der Waals surface area contributed by atoms with Crippen LogP contribution < -0.4 is 9.47 Å². The highest BCUT2D eigenvalue weighted by atomic mass is 16.5. The number of piperazine rings is 1. The van der Waals surface area contributed by atoms with Gasteiger partial charge in [-0.2, -0.15) is 0 Å². The normalized spacial score (nSPS) is 14.2. The molecule has 2 aromatic carbocycles. The second kappa shape index (κ2) is 8.56. The van der Waals surface area contributed by atoms with E-state index < -0.39 is 17.7 Å². The molecule has 3 rings (SSSR count). The number of ether oxygens (including phenoxy) is 2. The molecule has 0 aromatic heterocycles. The van der Waals surface area contributed by atoms with Gasteiger partial charge < -0.3 is 14.4 Å². The van der Waals surface area contributed by atoms with E-state index in [9.17, 15) is 14.4 Å². The minimum absolute atomic E-state index is 0.166. The van der Waals surface area contributed by atoms with E-state index in [1.54, 1.807) is 18.2 Å². The van der Waals surface area contributed by atoms with Crippen molar-refractivity contribution in [2.24, 2.45) is 0 Å². The molecule has 0 N–H and O–H groups in total. The van der Waals surface area contributed by atoms with Crippen molar-refractivity contribution >= 4 is 17.7 Å². The molecule has 1 fully saturated rings. The molecule has 0 saturated carbocycles. The number of nitrogens with zero attached hydrogens (tertiary/aromatic N) is 2. The quantitative estimate of drug-likeness (QED) is 0.712. The molecule has 0 bridgehead atoms. The molecule has 1 aliphatic rings. The summed E-state index contributed by atoms with van der Waals surface area (Å²) in [4.78, 5) is 40.5. The monoisotopic (exact) mass is 382 g/mol. The second-order valence-electron chi connectivity index (χ2n) is 6.37. The number of imide groups is 1. The van der Waals surface area contributed by atoms with E-state index >= 15 is 0 Å². The van der Waals surface area contributed by atoms with Gasteiger partial charge in [0.2, 0.25) is 11.8 Å². The number of carbonyl (C=O) groups excluding carboxylic acids is 3. The summed E-state index contributed by atoms with van der Waals surface area (Å²) >= 11 is 0. The zero-order chi connectivity index (χ0) is 20.1. The van der Waals surface area contributed by atoms with Gasteiger partial charge in [-0.15, -0.1) is 0 Å². The lowest BCUT2D eigenvalue weighted by molar-refractivity contribution is -0.150. The number of hydrogen-bond acceptors (Lipinski definition) is 5. The van der Waals surface area contributed by atoms with Gasteiger partial charge in [-0.05, 0) is 24.1 Å². The lowest BCUT2D eigenvalue weighted by atomic mass is 10.1. The highest BCUT2D eigenvalue weighted by molar-refractivity contribution is 6.07. The molecule has 0 aliphatic carbocycles. The van der Waals surface area contributed by atoms with Crippen LogP contribution >= 0.6 is 0 Å². The standard InChI is InChI=1S/C21H22N2O5/c1-27-16-9-6-10-17(28-2)20(16)21(26)22-13-18(24)23(19(25)14-22)12-11-15-7-4-3-5-8-15/h3-10H,11-14H2,1-2H3. The van der Waals surface area contributed by atoms with E-state index in [-0.39, 0.29) is 18.7 Å². The number of methoxy groups -OCH3 is 2. The maximum Gasteiger partial charge on any atom is 0.262 e. The first kappa shape index (κ1) is 19.4. The fourth-order valence-corrected chi connectivity index (χ4v) is 3.19. The maximum atomic E-state index is 13.0. The Morgan fingerprint density at radius 2 is 1.46 bits per heavy atom. The second-order valence-corrected chi connectivity index (χ2v) is 6.37. The average Bonchev–Trinajstić information content (AvgIpc) is 2.72. The molecule has 0 radical (unpaired) electrons. The van der Waals surface area contributed by atoms with Gasteiger partial charge in [0.1, 0.15) is 30.2 Å². The number of carbonyl (C=O) groups is 3. The number of rotatable bonds is 6.